The average molecular weight is 499 g/mol. The summed E-state index contributed by atoms with van der Waals surface area (Å²) < 4.78 is 8.89. The molecule has 4 aromatic rings. The quantitative estimate of drug-likeness (QED) is 0.287. The van der Waals surface area contributed by atoms with Crippen LogP contribution in [0.15, 0.2) is 65.5 Å². The summed E-state index contributed by atoms with van der Waals surface area (Å²) in [4.78, 5) is 26.4. The van der Waals surface area contributed by atoms with Crippen molar-refractivity contribution in [1.82, 2.24) is 30.0 Å². The van der Waals surface area contributed by atoms with Crippen LogP contribution in [0.4, 0.5) is 0 Å². The van der Waals surface area contributed by atoms with Crippen LogP contribution in [0.2, 0.25) is 0 Å². The Morgan fingerprint density at radius 1 is 1.03 bits per heavy atom. The summed E-state index contributed by atoms with van der Waals surface area (Å²) in [6.07, 6.45) is 5.79. The molecule has 1 aliphatic rings. The monoisotopic (exact) mass is 498 g/mol. The van der Waals surface area contributed by atoms with Crippen LogP contribution in [0, 0.1) is 0 Å². The molecule has 37 heavy (non-hydrogen) atoms. The first-order valence-corrected chi connectivity index (χ1v) is 12.6. The predicted molar refractivity (Wildman–Crippen MR) is 140 cm³/mol. The number of carbonyl (C=O) groups excluding carboxylic acids is 1. The minimum atomic E-state index is -0.636. The lowest BCUT2D eigenvalue weighted by molar-refractivity contribution is -0.146. The van der Waals surface area contributed by atoms with Gasteiger partial charge in [-0.1, -0.05) is 74.0 Å². The van der Waals surface area contributed by atoms with E-state index in [0.717, 1.165) is 39.9 Å². The summed E-state index contributed by atoms with van der Waals surface area (Å²) >= 11 is 0. The van der Waals surface area contributed by atoms with Crippen molar-refractivity contribution in [2.45, 2.75) is 52.1 Å². The highest BCUT2D eigenvalue weighted by Gasteiger charge is 2.32. The van der Waals surface area contributed by atoms with Crippen LogP contribution < -0.4 is 5.56 Å². The molecule has 0 saturated heterocycles. The molecule has 1 N–H and O–H groups in total. The van der Waals surface area contributed by atoms with Crippen molar-refractivity contribution in [3.63, 3.8) is 0 Å². The molecule has 1 aliphatic heterocycles. The number of nitrogens with one attached hydrogen (secondary N) is 1. The Morgan fingerprint density at radius 3 is 2.46 bits per heavy atom. The Bertz CT molecular complexity index is 1480. The molecule has 0 fully saturated rings. The maximum absolute atomic E-state index is 13.6. The highest BCUT2D eigenvalue weighted by Crippen LogP contribution is 2.31. The minimum absolute atomic E-state index is 0.0545. The van der Waals surface area contributed by atoms with Crippen molar-refractivity contribution < 1.29 is 9.53 Å². The molecule has 0 spiro atoms. The molecular weight excluding hydrogens is 468 g/mol. The molecule has 2 atom stereocenters. The second-order valence-corrected chi connectivity index (χ2v) is 9.15. The SMILES string of the molecule is CCCc1c(Cc2ccc(-c3ccccc3-c3nn[nH]n3)cc2)c(=O)n2n1C(C(=O)OCC)C=CC2C. The number of fused-ring (bicyclic) bond motifs is 1. The van der Waals surface area contributed by atoms with E-state index in [1.165, 1.54) is 0 Å². The van der Waals surface area contributed by atoms with E-state index in [-0.39, 0.29) is 17.6 Å². The lowest BCUT2D eigenvalue weighted by Crippen LogP contribution is -2.35. The van der Waals surface area contributed by atoms with Crippen LogP contribution in [-0.2, 0) is 22.4 Å². The molecule has 2 aromatic carbocycles. The van der Waals surface area contributed by atoms with Crippen molar-refractivity contribution in [2.24, 2.45) is 0 Å². The van der Waals surface area contributed by atoms with Crippen LogP contribution in [-0.4, -0.2) is 42.6 Å². The molecule has 9 heteroatoms. The van der Waals surface area contributed by atoms with E-state index in [9.17, 15) is 9.59 Å². The van der Waals surface area contributed by atoms with Crippen molar-refractivity contribution in [3.8, 4) is 22.5 Å². The summed E-state index contributed by atoms with van der Waals surface area (Å²) in [5.74, 6) is 0.193. The zero-order valence-corrected chi connectivity index (χ0v) is 21.2. The molecule has 190 valence electrons. The minimum Gasteiger partial charge on any atom is -0.464 e. The fraction of sp³-hybridized carbons (Fsp3) is 0.321. The Balaban J connectivity index is 1.51. The third-order valence-electron chi connectivity index (χ3n) is 6.72. The first kappa shape index (κ1) is 24.4. The van der Waals surface area contributed by atoms with Crippen molar-refractivity contribution in [3.05, 3.63) is 87.9 Å². The molecule has 9 nitrogen and oxygen atoms in total. The van der Waals surface area contributed by atoms with Crippen LogP contribution in [0.5, 0.6) is 0 Å². The van der Waals surface area contributed by atoms with Crippen molar-refractivity contribution >= 4 is 5.97 Å². The number of tetrazole rings is 1. The molecule has 2 aromatic heterocycles. The van der Waals surface area contributed by atoms with Gasteiger partial charge in [-0.25, -0.2) is 9.48 Å². The van der Waals surface area contributed by atoms with E-state index >= 15 is 0 Å². The summed E-state index contributed by atoms with van der Waals surface area (Å²) in [6.45, 7) is 6.13. The van der Waals surface area contributed by atoms with E-state index in [4.69, 9.17) is 4.74 Å². The number of H-pyrrole nitrogens is 1. The molecule has 2 unspecified atom stereocenters. The van der Waals surface area contributed by atoms with Crippen molar-refractivity contribution in [1.29, 1.82) is 0 Å². The first-order valence-electron chi connectivity index (χ1n) is 12.6. The second kappa shape index (κ2) is 10.4. The number of carbonyl (C=O) groups is 1. The van der Waals surface area contributed by atoms with Gasteiger partial charge in [-0.05, 0) is 42.2 Å². The van der Waals surface area contributed by atoms with Gasteiger partial charge in [-0.15, -0.1) is 10.2 Å². The zero-order valence-electron chi connectivity index (χ0n) is 21.2. The van der Waals surface area contributed by atoms with Gasteiger partial charge in [0, 0.05) is 23.2 Å². The normalized spacial score (nSPS) is 16.5. The van der Waals surface area contributed by atoms with Gasteiger partial charge in [0.05, 0.1) is 12.6 Å². The van der Waals surface area contributed by atoms with Gasteiger partial charge in [-0.2, -0.15) is 5.21 Å². The zero-order chi connectivity index (χ0) is 25.9. The van der Waals surface area contributed by atoms with Crippen LogP contribution in [0.1, 0.15) is 56.1 Å². The Hall–Kier alpha value is -4.27. The lowest BCUT2D eigenvalue weighted by Gasteiger charge is -2.27. The first-order chi connectivity index (χ1) is 18.0. The highest BCUT2D eigenvalue weighted by molar-refractivity contribution is 5.80. The van der Waals surface area contributed by atoms with Gasteiger partial charge in [0.1, 0.15) is 0 Å². The number of nitrogens with zero attached hydrogens (tertiary/aromatic N) is 5. The van der Waals surface area contributed by atoms with Crippen LogP contribution in [0.25, 0.3) is 22.5 Å². The molecule has 0 bridgehead atoms. The standard InChI is InChI=1S/C28H30N6O3/c1-4-8-24-23(27(35)33-18(3)11-16-25(34(24)33)28(36)37-5-2)17-19-12-14-20(15-13-19)21-9-6-7-10-22(21)26-29-31-32-30-26/h6-7,9-16,18,25H,4-5,8,17H2,1-3H3,(H,29,30,31,32). The number of ether oxygens (including phenoxy) is 1. The van der Waals surface area contributed by atoms with Gasteiger partial charge < -0.3 is 4.74 Å². The number of allylic oxidation sites excluding steroid dienone is 1. The molecular formula is C28H30N6O3. The number of esters is 1. The smallest absolute Gasteiger partial charge is 0.334 e. The molecule has 0 saturated carbocycles. The van der Waals surface area contributed by atoms with Gasteiger partial charge in [0.2, 0.25) is 5.82 Å². The Morgan fingerprint density at radius 2 is 1.78 bits per heavy atom. The van der Waals surface area contributed by atoms with E-state index in [1.807, 2.05) is 72.3 Å². The van der Waals surface area contributed by atoms with Crippen LogP contribution >= 0.6 is 0 Å². The molecule has 0 amide bonds. The fourth-order valence-corrected chi connectivity index (χ4v) is 5.04. The number of hydrogen-bond donors (Lipinski definition) is 1. The average Bonchev–Trinajstić information content (AvgIpc) is 3.54. The summed E-state index contributed by atoms with van der Waals surface area (Å²) in [5, 5.41) is 14.4. The maximum atomic E-state index is 13.6. The summed E-state index contributed by atoms with van der Waals surface area (Å²) in [6, 6.07) is 15.3. The topological polar surface area (TPSA) is 108 Å². The van der Waals surface area contributed by atoms with E-state index < -0.39 is 6.04 Å². The van der Waals surface area contributed by atoms with Gasteiger partial charge in [0.25, 0.3) is 5.56 Å². The van der Waals surface area contributed by atoms with E-state index in [2.05, 4.69) is 27.5 Å². The highest BCUT2D eigenvalue weighted by atomic mass is 16.5. The van der Waals surface area contributed by atoms with E-state index in [0.29, 0.717) is 25.3 Å². The Labute approximate surface area is 214 Å². The number of aromatic nitrogens is 6. The molecule has 0 radical (unpaired) electrons. The fourth-order valence-electron chi connectivity index (χ4n) is 5.04. The molecule has 5 rings (SSSR count). The number of aromatic amines is 1. The second-order valence-electron chi connectivity index (χ2n) is 9.15. The number of hydrogen-bond acceptors (Lipinski definition) is 6. The van der Waals surface area contributed by atoms with E-state index in [1.54, 1.807) is 11.6 Å². The third-order valence-corrected chi connectivity index (χ3v) is 6.72. The van der Waals surface area contributed by atoms with Crippen LogP contribution in [0.3, 0.4) is 0 Å². The molecule has 3 heterocycles. The van der Waals surface area contributed by atoms with Gasteiger partial charge in [0.15, 0.2) is 6.04 Å². The van der Waals surface area contributed by atoms with Gasteiger partial charge in [-0.3, -0.25) is 9.48 Å². The Kier molecular flexibility index (Phi) is 6.85. The number of benzene rings is 2. The maximum Gasteiger partial charge on any atom is 0.334 e. The number of rotatable bonds is 8. The van der Waals surface area contributed by atoms with Gasteiger partial charge >= 0.3 is 5.97 Å². The molecule has 0 aliphatic carbocycles. The third kappa shape index (κ3) is 4.52. The largest absolute Gasteiger partial charge is 0.464 e. The summed E-state index contributed by atoms with van der Waals surface area (Å²) in [7, 11) is 0. The van der Waals surface area contributed by atoms with Crippen molar-refractivity contribution in [2.75, 3.05) is 6.61 Å². The lowest BCUT2D eigenvalue weighted by atomic mass is 9.96. The summed E-state index contributed by atoms with van der Waals surface area (Å²) in [5.41, 5.74) is 5.50. The predicted octanol–water partition coefficient (Wildman–Crippen LogP) is 4.28.